The Hall–Kier alpha value is -1.74. The summed E-state index contributed by atoms with van der Waals surface area (Å²) < 4.78 is 14.1. The van der Waals surface area contributed by atoms with E-state index in [0.717, 1.165) is 18.5 Å². The van der Waals surface area contributed by atoms with Gasteiger partial charge in [-0.1, -0.05) is 25.1 Å². The number of halogens is 1. The molecule has 0 aliphatic heterocycles. The molecular formula is C17H21FN2. The Morgan fingerprint density at radius 2 is 2.00 bits per heavy atom. The topological polar surface area (TPSA) is 24.9 Å². The lowest BCUT2D eigenvalue weighted by molar-refractivity contribution is 0.541. The maximum atomic E-state index is 14.1. The van der Waals surface area contributed by atoms with Gasteiger partial charge < -0.3 is 5.32 Å². The van der Waals surface area contributed by atoms with Crippen LogP contribution in [-0.2, 0) is 0 Å². The van der Waals surface area contributed by atoms with Crippen molar-refractivity contribution in [3.8, 4) is 0 Å². The molecule has 20 heavy (non-hydrogen) atoms. The lowest BCUT2D eigenvalue weighted by Gasteiger charge is -2.22. The highest BCUT2D eigenvalue weighted by molar-refractivity contribution is 5.40. The highest BCUT2D eigenvalue weighted by Crippen LogP contribution is 2.27. The van der Waals surface area contributed by atoms with E-state index in [1.165, 1.54) is 17.3 Å². The molecule has 0 aliphatic carbocycles. The number of hydrogen-bond acceptors (Lipinski definition) is 2. The lowest BCUT2D eigenvalue weighted by Crippen LogP contribution is -2.25. The number of aryl methyl sites for hydroxylation is 1. The second-order valence-corrected chi connectivity index (χ2v) is 5.07. The standard InChI is InChI=1S/C17H21FN2/c1-4-9-20-17(15-8-10-19-11-16(15)18)14-7-5-6-12(2)13(14)3/h5-8,10-11,17,20H,4,9H2,1-3H3. The van der Waals surface area contributed by atoms with Gasteiger partial charge in [-0.3, -0.25) is 4.98 Å². The highest BCUT2D eigenvalue weighted by Gasteiger charge is 2.19. The maximum absolute atomic E-state index is 14.1. The molecule has 0 radical (unpaired) electrons. The number of pyridine rings is 1. The molecule has 0 fully saturated rings. The van der Waals surface area contributed by atoms with Crippen LogP contribution in [0.1, 0.15) is 41.6 Å². The fraction of sp³-hybridized carbons (Fsp3) is 0.353. The van der Waals surface area contributed by atoms with Gasteiger partial charge in [-0.15, -0.1) is 0 Å². The zero-order valence-corrected chi connectivity index (χ0v) is 12.3. The van der Waals surface area contributed by atoms with Crippen molar-refractivity contribution in [1.82, 2.24) is 10.3 Å². The lowest BCUT2D eigenvalue weighted by atomic mass is 9.93. The predicted molar refractivity (Wildman–Crippen MR) is 80.2 cm³/mol. The van der Waals surface area contributed by atoms with E-state index >= 15 is 0 Å². The third-order valence-corrected chi connectivity index (χ3v) is 3.67. The first-order chi connectivity index (χ1) is 9.65. The molecule has 2 aromatic rings. The summed E-state index contributed by atoms with van der Waals surface area (Å²) in [6, 6.07) is 7.80. The summed E-state index contributed by atoms with van der Waals surface area (Å²) in [5.74, 6) is -0.262. The minimum Gasteiger partial charge on any atom is -0.306 e. The first-order valence-electron chi connectivity index (χ1n) is 7.04. The third kappa shape index (κ3) is 3.05. The quantitative estimate of drug-likeness (QED) is 0.892. The van der Waals surface area contributed by atoms with E-state index in [1.54, 1.807) is 12.3 Å². The molecule has 0 aliphatic rings. The van der Waals surface area contributed by atoms with Crippen LogP contribution in [-0.4, -0.2) is 11.5 Å². The molecule has 1 heterocycles. The number of nitrogens with one attached hydrogen (secondary N) is 1. The van der Waals surface area contributed by atoms with Crippen molar-refractivity contribution in [2.24, 2.45) is 0 Å². The molecule has 1 aromatic carbocycles. The van der Waals surface area contributed by atoms with Gasteiger partial charge in [0, 0.05) is 11.8 Å². The normalized spacial score (nSPS) is 12.4. The summed E-state index contributed by atoms with van der Waals surface area (Å²) in [6.45, 7) is 7.12. The zero-order chi connectivity index (χ0) is 14.5. The predicted octanol–water partition coefficient (Wildman–Crippen LogP) is 3.93. The molecule has 2 rings (SSSR count). The molecule has 0 spiro atoms. The Kier molecular flexibility index (Phi) is 4.85. The van der Waals surface area contributed by atoms with Gasteiger partial charge in [0.15, 0.2) is 0 Å². The molecule has 0 amide bonds. The van der Waals surface area contributed by atoms with E-state index in [-0.39, 0.29) is 11.9 Å². The van der Waals surface area contributed by atoms with Gasteiger partial charge in [-0.25, -0.2) is 4.39 Å². The van der Waals surface area contributed by atoms with Crippen LogP contribution in [0, 0.1) is 19.7 Å². The van der Waals surface area contributed by atoms with Crippen LogP contribution in [0.5, 0.6) is 0 Å². The molecule has 1 aromatic heterocycles. The molecule has 0 bridgehead atoms. The van der Waals surface area contributed by atoms with Gasteiger partial charge in [0.1, 0.15) is 5.82 Å². The van der Waals surface area contributed by atoms with E-state index < -0.39 is 0 Å². The number of rotatable bonds is 5. The molecule has 3 heteroatoms. The first kappa shape index (κ1) is 14.7. The van der Waals surface area contributed by atoms with Crippen LogP contribution < -0.4 is 5.32 Å². The molecule has 106 valence electrons. The molecule has 2 nitrogen and oxygen atoms in total. The van der Waals surface area contributed by atoms with E-state index in [4.69, 9.17) is 0 Å². The Labute approximate surface area is 120 Å². The number of aromatic nitrogens is 1. The van der Waals surface area contributed by atoms with Crippen LogP contribution in [0.25, 0.3) is 0 Å². The second-order valence-electron chi connectivity index (χ2n) is 5.07. The SMILES string of the molecule is CCCNC(c1ccncc1F)c1cccc(C)c1C. The number of benzene rings is 1. The smallest absolute Gasteiger partial charge is 0.146 e. The molecule has 1 atom stereocenters. The van der Waals surface area contributed by atoms with E-state index in [0.29, 0.717) is 5.56 Å². The number of nitrogens with zero attached hydrogens (tertiary/aromatic N) is 1. The van der Waals surface area contributed by atoms with E-state index in [2.05, 4.69) is 43.2 Å². The van der Waals surface area contributed by atoms with Crippen molar-refractivity contribution in [3.63, 3.8) is 0 Å². The van der Waals surface area contributed by atoms with Gasteiger partial charge in [0.2, 0.25) is 0 Å². The number of hydrogen-bond donors (Lipinski definition) is 1. The van der Waals surface area contributed by atoms with Crippen molar-refractivity contribution in [1.29, 1.82) is 0 Å². The Bertz CT molecular complexity index is 581. The van der Waals surface area contributed by atoms with Gasteiger partial charge in [-0.05, 0) is 49.6 Å². The van der Waals surface area contributed by atoms with Crippen LogP contribution in [0.3, 0.4) is 0 Å². The van der Waals surface area contributed by atoms with Gasteiger partial charge in [-0.2, -0.15) is 0 Å². The third-order valence-electron chi connectivity index (χ3n) is 3.67. The van der Waals surface area contributed by atoms with Crippen molar-refractivity contribution < 1.29 is 4.39 Å². The van der Waals surface area contributed by atoms with E-state index in [9.17, 15) is 4.39 Å². The van der Waals surface area contributed by atoms with Crippen molar-refractivity contribution in [2.75, 3.05) is 6.54 Å². The summed E-state index contributed by atoms with van der Waals surface area (Å²) in [6.07, 6.45) is 3.93. The van der Waals surface area contributed by atoms with Crippen LogP contribution >= 0.6 is 0 Å². The average molecular weight is 272 g/mol. The molecule has 1 unspecified atom stereocenters. The summed E-state index contributed by atoms with van der Waals surface area (Å²) in [5, 5.41) is 3.44. The largest absolute Gasteiger partial charge is 0.306 e. The minimum absolute atomic E-state index is 0.127. The van der Waals surface area contributed by atoms with Crippen LogP contribution in [0.15, 0.2) is 36.7 Å². The summed E-state index contributed by atoms with van der Waals surface area (Å²) in [7, 11) is 0. The average Bonchev–Trinajstić information content (AvgIpc) is 2.45. The second kappa shape index (κ2) is 6.62. The van der Waals surface area contributed by atoms with Crippen LogP contribution in [0.2, 0.25) is 0 Å². The fourth-order valence-corrected chi connectivity index (χ4v) is 2.38. The van der Waals surface area contributed by atoms with Crippen molar-refractivity contribution in [2.45, 2.75) is 33.2 Å². The first-order valence-corrected chi connectivity index (χ1v) is 7.04. The summed E-state index contributed by atoms with van der Waals surface area (Å²) in [5.41, 5.74) is 4.21. The van der Waals surface area contributed by atoms with Gasteiger partial charge in [0.05, 0.1) is 12.2 Å². The van der Waals surface area contributed by atoms with Gasteiger partial charge in [0.25, 0.3) is 0 Å². The molecular weight excluding hydrogens is 251 g/mol. The van der Waals surface area contributed by atoms with Crippen molar-refractivity contribution >= 4 is 0 Å². The maximum Gasteiger partial charge on any atom is 0.146 e. The highest BCUT2D eigenvalue weighted by atomic mass is 19.1. The fourth-order valence-electron chi connectivity index (χ4n) is 2.38. The Morgan fingerprint density at radius 3 is 2.70 bits per heavy atom. The molecule has 0 saturated heterocycles. The molecule has 1 N–H and O–H groups in total. The Morgan fingerprint density at radius 1 is 1.20 bits per heavy atom. The summed E-state index contributed by atoms with van der Waals surface area (Å²) >= 11 is 0. The molecule has 0 saturated carbocycles. The Balaban J connectivity index is 2.47. The monoisotopic (exact) mass is 272 g/mol. The van der Waals surface area contributed by atoms with Crippen LogP contribution in [0.4, 0.5) is 4.39 Å². The van der Waals surface area contributed by atoms with Crippen molar-refractivity contribution in [3.05, 3.63) is 64.7 Å². The van der Waals surface area contributed by atoms with Gasteiger partial charge >= 0.3 is 0 Å². The summed E-state index contributed by atoms with van der Waals surface area (Å²) in [4.78, 5) is 3.84. The van der Waals surface area contributed by atoms with E-state index in [1.807, 2.05) is 6.07 Å². The zero-order valence-electron chi connectivity index (χ0n) is 12.3. The minimum atomic E-state index is -0.262.